The molecule has 26 heavy (non-hydrogen) atoms. The van der Waals surface area contributed by atoms with Crippen LogP contribution in [0, 0.1) is 11.3 Å². The fourth-order valence-electron chi connectivity index (χ4n) is 4.47. The Morgan fingerprint density at radius 1 is 1.42 bits per heavy atom. The van der Waals surface area contributed by atoms with E-state index in [2.05, 4.69) is 10.3 Å². The Morgan fingerprint density at radius 2 is 2.23 bits per heavy atom. The van der Waals surface area contributed by atoms with Crippen molar-refractivity contribution in [2.24, 2.45) is 11.3 Å². The van der Waals surface area contributed by atoms with Gasteiger partial charge in [0.25, 0.3) is 0 Å². The molecule has 1 aliphatic carbocycles. The maximum Gasteiger partial charge on any atom is 0.311 e. The third-order valence-corrected chi connectivity index (χ3v) is 6.66. The lowest BCUT2D eigenvalue weighted by Crippen LogP contribution is -2.35. The first-order valence-corrected chi connectivity index (χ1v) is 10.1. The van der Waals surface area contributed by atoms with Crippen LogP contribution >= 0.6 is 11.3 Å². The van der Waals surface area contributed by atoms with Gasteiger partial charge in [-0.3, -0.25) is 9.69 Å². The molecule has 0 unspecified atom stereocenters. The van der Waals surface area contributed by atoms with Crippen LogP contribution in [0.1, 0.15) is 31.9 Å². The lowest BCUT2D eigenvalue weighted by molar-refractivity contribution is -0.149. The lowest BCUT2D eigenvalue weighted by atomic mass is 9.81. The number of nitrogens with zero attached hydrogens (tertiary/aromatic N) is 2. The molecule has 2 aliphatic rings. The Kier molecular flexibility index (Phi) is 4.71. The number of carboxylic acids is 1. The van der Waals surface area contributed by atoms with Gasteiger partial charge in [0.05, 0.1) is 17.7 Å². The van der Waals surface area contributed by atoms with Crippen LogP contribution < -0.4 is 4.74 Å². The molecule has 2 atom stereocenters. The first-order chi connectivity index (χ1) is 12.6. The zero-order valence-electron chi connectivity index (χ0n) is 15.0. The normalized spacial score (nSPS) is 25.3. The summed E-state index contributed by atoms with van der Waals surface area (Å²) in [4.78, 5) is 18.9. The minimum atomic E-state index is -0.615. The van der Waals surface area contributed by atoms with Crippen molar-refractivity contribution >= 4 is 17.3 Å². The lowest BCUT2D eigenvalue weighted by Gasteiger charge is -2.23. The van der Waals surface area contributed by atoms with E-state index in [1.165, 1.54) is 0 Å². The maximum atomic E-state index is 11.8. The van der Waals surface area contributed by atoms with Crippen molar-refractivity contribution in [2.45, 2.75) is 32.7 Å². The Hall–Kier alpha value is -1.92. The zero-order chi connectivity index (χ0) is 18.1. The smallest absolute Gasteiger partial charge is 0.311 e. The fourth-order valence-corrected chi connectivity index (χ4v) is 5.28. The second-order valence-corrected chi connectivity index (χ2v) is 8.18. The number of likely N-dealkylation sites (tertiary alicyclic amines) is 1. The third kappa shape index (κ3) is 3.12. The van der Waals surface area contributed by atoms with E-state index in [1.807, 2.05) is 31.2 Å². The van der Waals surface area contributed by atoms with Gasteiger partial charge in [-0.15, -0.1) is 11.3 Å². The molecule has 1 N–H and O–H groups in total. The standard InChI is InChI=1S/C20H24N2O3S/c1-2-25-17-7-5-14(6-8-17)18-21-16(12-26-18)11-22-10-15-4-3-9-20(15,13-22)19(23)24/h5-8,12,15H,2-4,9-11,13H2,1H3,(H,23,24)/t15-,20+/m0/s1. The fraction of sp³-hybridized carbons (Fsp3) is 0.500. The molecule has 1 aliphatic heterocycles. The molecule has 6 heteroatoms. The number of aromatic nitrogens is 1. The summed E-state index contributed by atoms with van der Waals surface area (Å²) in [5.74, 6) is 0.552. The van der Waals surface area contributed by atoms with Gasteiger partial charge in [0.15, 0.2) is 0 Å². The molecule has 1 aromatic heterocycles. The first-order valence-electron chi connectivity index (χ1n) is 9.24. The number of rotatable bonds is 6. The van der Waals surface area contributed by atoms with Gasteiger partial charge >= 0.3 is 5.97 Å². The van der Waals surface area contributed by atoms with E-state index in [0.717, 1.165) is 54.4 Å². The van der Waals surface area contributed by atoms with Gasteiger partial charge in [-0.05, 0) is 49.9 Å². The molecule has 1 saturated heterocycles. The van der Waals surface area contributed by atoms with Crippen LogP contribution in [0.5, 0.6) is 5.75 Å². The van der Waals surface area contributed by atoms with Gasteiger partial charge in [-0.1, -0.05) is 6.42 Å². The van der Waals surface area contributed by atoms with Crippen LogP contribution in [-0.4, -0.2) is 40.7 Å². The number of benzene rings is 1. The highest BCUT2D eigenvalue weighted by atomic mass is 32.1. The van der Waals surface area contributed by atoms with E-state index in [0.29, 0.717) is 19.1 Å². The molecule has 4 rings (SSSR count). The molecule has 0 amide bonds. The average Bonchev–Trinajstić information content (AvgIpc) is 3.31. The highest BCUT2D eigenvalue weighted by molar-refractivity contribution is 7.13. The number of aliphatic carboxylic acids is 1. The number of thiazole rings is 1. The molecule has 2 fully saturated rings. The predicted molar refractivity (Wildman–Crippen MR) is 101 cm³/mol. The largest absolute Gasteiger partial charge is 0.494 e. The molecule has 1 saturated carbocycles. The Labute approximate surface area is 157 Å². The van der Waals surface area contributed by atoms with Crippen molar-refractivity contribution in [2.75, 3.05) is 19.7 Å². The van der Waals surface area contributed by atoms with Gasteiger partial charge in [0, 0.05) is 30.6 Å². The van der Waals surface area contributed by atoms with E-state index in [9.17, 15) is 9.90 Å². The SMILES string of the molecule is CCOc1ccc(-c2nc(CN3C[C@@H]4CCC[C@@]4(C(=O)O)C3)cs2)cc1. The highest BCUT2D eigenvalue weighted by Crippen LogP contribution is 2.49. The van der Waals surface area contributed by atoms with Crippen molar-refractivity contribution in [3.05, 3.63) is 35.3 Å². The van der Waals surface area contributed by atoms with Crippen molar-refractivity contribution in [1.29, 1.82) is 0 Å². The van der Waals surface area contributed by atoms with Crippen molar-refractivity contribution in [3.8, 4) is 16.3 Å². The summed E-state index contributed by atoms with van der Waals surface area (Å²) in [5.41, 5.74) is 1.60. The maximum absolute atomic E-state index is 11.8. The number of hydrogen-bond donors (Lipinski definition) is 1. The number of carboxylic acid groups (broad SMARTS) is 1. The Bertz CT molecular complexity index is 789. The summed E-state index contributed by atoms with van der Waals surface area (Å²) in [6, 6.07) is 8.01. The summed E-state index contributed by atoms with van der Waals surface area (Å²) in [6.45, 7) is 4.90. The van der Waals surface area contributed by atoms with Crippen LogP contribution in [-0.2, 0) is 11.3 Å². The zero-order valence-corrected chi connectivity index (χ0v) is 15.8. The molecular weight excluding hydrogens is 348 g/mol. The van der Waals surface area contributed by atoms with Crippen LogP contribution in [0.4, 0.5) is 0 Å². The molecule has 0 radical (unpaired) electrons. The third-order valence-electron chi connectivity index (χ3n) is 5.72. The van der Waals surface area contributed by atoms with Gasteiger partial charge in [0.2, 0.25) is 0 Å². The number of carbonyl (C=O) groups is 1. The van der Waals surface area contributed by atoms with Crippen LogP contribution in [0.25, 0.3) is 10.6 Å². The molecular formula is C20H24N2O3S. The van der Waals surface area contributed by atoms with Gasteiger partial charge in [-0.2, -0.15) is 0 Å². The molecule has 2 heterocycles. The Morgan fingerprint density at radius 3 is 2.92 bits per heavy atom. The summed E-state index contributed by atoms with van der Waals surface area (Å²) < 4.78 is 5.48. The van der Waals surface area contributed by atoms with E-state index in [-0.39, 0.29) is 0 Å². The van der Waals surface area contributed by atoms with Gasteiger partial charge in [0.1, 0.15) is 10.8 Å². The summed E-state index contributed by atoms with van der Waals surface area (Å²) in [5, 5.41) is 12.8. The predicted octanol–water partition coefficient (Wildman–Crippen LogP) is 3.90. The highest BCUT2D eigenvalue weighted by Gasteiger charge is 2.54. The molecule has 0 bridgehead atoms. The summed E-state index contributed by atoms with van der Waals surface area (Å²) in [7, 11) is 0. The van der Waals surface area contributed by atoms with E-state index in [1.54, 1.807) is 11.3 Å². The van der Waals surface area contributed by atoms with Crippen LogP contribution in [0.2, 0.25) is 0 Å². The second-order valence-electron chi connectivity index (χ2n) is 7.32. The van der Waals surface area contributed by atoms with E-state index >= 15 is 0 Å². The topological polar surface area (TPSA) is 62.7 Å². The minimum absolute atomic E-state index is 0.296. The van der Waals surface area contributed by atoms with E-state index < -0.39 is 11.4 Å². The van der Waals surface area contributed by atoms with Gasteiger partial charge < -0.3 is 9.84 Å². The van der Waals surface area contributed by atoms with E-state index in [4.69, 9.17) is 9.72 Å². The molecule has 2 aromatic rings. The number of fused-ring (bicyclic) bond motifs is 1. The van der Waals surface area contributed by atoms with Crippen molar-refractivity contribution in [1.82, 2.24) is 9.88 Å². The number of ether oxygens (including phenoxy) is 1. The molecule has 5 nitrogen and oxygen atoms in total. The molecule has 138 valence electrons. The number of hydrogen-bond acceptors (Lipinski definition) is 5. The first kappa shape index (κ1) is 17.5. The Balaban J connectivity index is 1.44. The summed E-state index contributed by atoms with van der Waals surface area (Å²) in [6.07, 6.45) is 2.90. The quantitative estimate of drug-likeness (QED) is 0.833. The second kappa shape index (κ2) is 7.00. The molecule has 1 aromatic carbocycles. The molecule has 0 spiro atoms. The van der Waals surface area contributed by atoms with Crippen LogP contribution in [0.15, 0.2) is 29.6 Å². The van der Waals surface area contributed by atoms with Gasteiger partial charge in [-0.25, -0.2) is 4.98 Å². The minimum Gasteiger partial charge on any atom is -0.494 e. The van der Waals surface area contributed by atoms with Crippen molar-refractivity contribution in [3.63, 3.8) is 0 Å². The average molecular weight is 372 g/mol. The summed E-state index contributed by atoms with van der Waals surface area (Å²) >= 11 is 1.64. The van der Waals surface area contributed by atoms with Crippen molar-refractivity contribution < 1.29 is 14.6 Å². The van der Waals surface area contributed by atoms with Crippen LogP contribution in [0.3, 0.4) is 0 Å². The monoisotopic (exact) mass is 372 g/mol.